The number of aromatic nitrogens is 1. The highest BCUT2D eigenvalue weighted by atomic mass is 16.5. The summed E-state index contributed by atoms with van der Waals surface area (Å²) in [5, 5.41) is 14.3. The number of aliphatic hydroxyl groups is 1. The van der Waals surface area contributed by atoms with Crippen molar-refractivity contribution in [1.82, 2.24) is 9.88 Å². The highest BCUT2D eigenvalue weighted by molar-refractivity contribution is 5.83. The number of likely N-dealkylation sites (tertiary alicyclic amines) is 1. The zero-order valence-corrected chi connectivity index (χ0v) is 15.6. The Bertz CT molecular complexity index is 911. The highest BCUT2D eigenvalue weighted by Gasteiger charge is 2.20. The number of fused-ring (bicyclic) bond motifs is 1. The van der Waals surface area contributed by atoms with E-state index < -0.39 is 0 Å². The number of rotatable bonds is 6. The van der Waals surface area contributed by atoms with Crippen molar-refractivity contribution in [1.29, 1.82) is 0 Å². The predicted octanol–water partition coefficient (Wildman–Crippen LogP) is 3.42. The smallest absolute Gasteiger partial charge is 0.126 e. The molecular weight excluding hydrogens is 338 g/mol. The number of benzene rings is 2. The molecule has 1 fully saturated rings. The van der Waals surface area contributed by atoms with Crippen LogP contribution in [0.3, 0.4) is 0 Å². The van der Waals surface area contributed by atoms with Gasteiger partial charge in [0.05, 0.1) is 18.7 Å². The Morgan fingerprint density at radius 1 is 1.15 bits per heavy atom. The maximum Gasteiger partial charge on any atom is 0.126 e. The second-order valence-corrected chi connectivity index (χ2v) is 7.06. The molecule has 1 aliphatic heterocycles. The van der Waals surface area contributed by atoms with E-state index in [2.05, 4.69) is 46.6 Å². The summed E-state index contributed by atoms with van der Waals surface area (Å²) in [5.41, 5.74) is 3.43. The third-order valence-corrected chi connectivity index (χ3v) is 5.10. The number of β-amino-alcohol motifs (C(OH)–C–C–N with tert-alkyl or cyclic N) is 1. The van der Waals surface area contributed by atoms with Crippen molar-refractivity contribution in [3.05, 3.63) is 65.7 Å². The van der Waals surface area contributed by atoms with Gasteiger partial charge in [-0.1, -0.05) is 24.3 Å². The summed E-state index contributed by atoms with van der Waals surface area (Å²) in [6, 6.07) is 18.5. The molecule has 3 aromatic rings. The second kappa shape index (κ2) is 7.94. The maximum atomic E-state index is 9.74. The van der Waals surface area contributed by atoms with E-state index in [1.807, 2.05) is 18.2 Å². The standard InChI is InChI=1S/C22H25N3O2/c1-27-19-7-5-16(6-8-19)13-23-22-10-9-20-17(3-2-4-21(20)24-22)14-25-12-11-18(26)15-25/h2-10,18,26H,11-15H2,1H3,(H,23,24). The molecule has 2 heterocycles. The average molecular weight is 363 g/mol. The molecule has 0 bridgehead atoms. The number of pyridine rings is 1. The van der Waals surface area contributed by atoms with Gasteiger partial charge >= 0.3 is 0 Å². The summed E-state index contributed by atoms with van der Waals surface area (Å²) in [7, 11) is 1.67. The van der Waals surface area contributed by atoms with Crippen molar-refractivity contribution in [2.75, 3.05) is 25.5 Å². The van der Waals surface area contributed by atoms with Crippen LogP contribution in [0.15, 0.2) is 54.6 Å². The van der Waals surface area contributed by atoms with Crippen LogP contribution in [0, 0.1) is 0 Å². The summed E-state index contributed by atoms with van der Waals surface area (Å²) < 4.78 is 5.19. The molecule has 1 saturated heterocycles. The normalized spacial score (nSPS) is 17.3. The van der Waals surface area contributed by atoms with E-state index in [1.54, 1.807) is 7.11 Å². The van der Waals surface area contributed by atoms with E-state index in [0.29, 0.717) is 6.54 Å². The lowest BCUT2D eigenvalue weighted by Gasteiger charge is -2.16. The van der Waals surface area contributed by atoms with Crippen molar-refractivity contribution < 1.29 is 9.84 Å². The number of aliphatic hydroxyl groups excluding tert-OH is 1. The first-order valence-corrected chi connectivity index (χ1v) is 9.37. The lowest BCUT2D eigenvalue weighted by Crippen LogP contribution is -2.21. The summed E-state index contributed by atoms with van der Waals surface area (Å²) >= 11 is 0. The van der Waals surface area contributed by atoms with E-state index >= 15 is 0 Å². The zero-order chi connectivity index (χ0) is 18.6. The predicted molar refractivity (Wildman–Crippen MR) is 108 cm³/mol. The number of hydrogen-bond acceptors (Lipinski definition) is 5. The molecule has 1 aliphatic rings. The van der Waals surface area contributed by atoms with Gasteiger partial charge in [-0.2, -0.15) is 0 Å². The SMILES string of the molecule is COc1ccc(CNc2ccc3c(CN4CCC(O)C4)cccc3n2)cc1. The van der Waals surface area contributed by atoms with Crippen LogP contribution >= 0.6 is 0 Å². The molecule has 1 unspecified atom stereocenters. The van der Waals surface area contributed by atoms with Gasteiger partial charge in [0, 0.05) is 31.6 Å². The first kappa shape index (κ1) is 17.8. The fraction of sp³-hybridized carbons (Fsp3) is 0.318. The first-order valence-electron chi connectivity index (χ1n) is 9.37. The second-order valence-electron chi connectivity index (χ2n) is 7.06. The van der Waals surface area contributed by atoms with Gasteiger partial charge in [-0.05, 0) is 47.9 Å². The van der Waals surface area contributed by atoms with Crippen LogP contribution in [0.2, 0.25) is 0 Å². The van der Waals surface area contributed by atoms with Crippen LogP contribution in [0.1, 0.15) is 17.5 Å². The monoisotopic (exact) mass is 363 g/mol. The van der Waals surface area contributed by atoms with E-state index in [4.69, 9.17) is 9.72 Å². The van der Waals surface area contributed by atoms with Crippen molar-refractivity contribution in [3.8, 4) is 5.75 Å². The maximum absolute atomic E-state index is 9.74. The molecule has 27 heavy (non-hydrogen) atoms. The molecule has 1 aromatic heterocycles. The van der Waals surface area contributed by atoms with E-state index in [-0.39, 0.29) is 6.10 Å². The van der Waals surface area contributed by atoms with Gasteiger partial charge in [-0.3, -0.25) is 4.90 Å². The molecule has 2 aromatic carbocycles. The number of methoxy groups -OCH3 is 1. The Labute approximate surface area is 159 Å². The van der Waals surface area contributed by atoms with Crippen molar-refractivity contribution in [2.24, 2.45) is 0 Å². The van der Waals surface area contributed by atoms with Crippen LogP contribution < -0.4 is 10.1 Å². The van der Waals surface area contributed by atoms with Gasteiger partial charge in [0.1, 0.15) is 11.6 Å². The molecule has 0 amide bonds. The fourth-order valence-electron chi connectivity index (χ4n) is 3.59. The minimum atomic E-state index is -0.188. The Balaban J connectivity index is 1.47. The molecule has 5 heteroatoms. The fourth-order valence-corrected chi connectivity index (χ4v) is 3.59. The molecule has 2 N–H and O–H groups in total. The van der Waals surface area contributed by atoms with Gasteiger partial charge in [0.2, 0.25) is 0 Å². The van der Waals surface area contributed by atoms with Gasteiger partial charge in [0.15, 0.2) is 0 Å². The summed E-state index contributed by atoms with van der Waals surface area (Å²) in [4.78, 5) is 7.07. The summed E-state index contributed by atoms with van der Waals surface area (Å²) in [5.74, 6) is 1.73. The van der Waals surface area contributed by atoms with Crippen LogP contribution in [0.25, 0.3) is 10.9 Å². The van der Waals surface area contributed by atoms with E-state index in [0.717, 1.165) is 43.1 Å². The van der Waals surface area contributed by atoms with Crippen molar-refractivity contribution >= 4 is 16.7 Å². The number of hydrogen-bond donors (Lipinski definition) is 2. The molecule has 1 atom stereocenters. The molecule has 140 valence electrons. The van der Waals surface area contributed by atoms with Crippen LogP contribution in [0.5, 0.6) is 5.75 Å². The summed E-state index contributed by atoms with van der Waals surface area (Å²) in [6.07, 6.45) is 0.675. The lowest BCUT2D eigenvalue weighted by molar-refractivity contribution is 0.175. The molecule has 4 rings (SSSR count). The van der Waals surface area contributed by atoms with Gasteiger partial charge in [0.25, 0.3) is 0 Å². The molecule has 0 radical (unpaired) electrons. The average Bonchev–Trinajstić information content (AvgIpc) is 3.11. The Kier molecular flexibility index (Phi) is 5.23. The molecule has 0 aliphatic carbocycles. The first-order chi connectivity index (χ1) is 13.2. The van der Waals surface area contributed by atoms with Gasteiger partial charge in [-0.25, -0.2) is 4.98 Å². The quantitative estimate of drug-likeness (QED) is 0.703. The van der Waals surface area contributed by atoms with Gasteiger partial charge in [-0.15, -0.1) is 0 Å². The minimum absolute atomic E-state index is 0.188. The number of ether oxygens (including phenoxy) is 1. The van der Waals surface area contributed by atoms with Crippen LogP contribution in [-0.4, -0.2) is 41.3 Å². The Hall–Kier alpha value is -2.63. The van der Waals surface area contributed by atoms with Crippen LogP contribution in [0.4, 0.5) is 5.82 Å². The molecular formula is C22H25N3O2. The largest absolute Gasteiger partial charge is 0.497 e. The topological polar surface area (TPSA) is 57.6 Å². The number of anilines is 1. The number of nitrogens with zero attached hydrogens (tertiary/aromatic N) is 2. The van der Waals surface area contributed by atoms with E-state index in [1.165, 1.54) is 16.5 Å². The van der Waals surface area contributed by atoms with Gasteiger partial charge < -0.3 is 15.2 Å². The third-order valence-electron chi connectivity index (χ3n) is 5.10. The molecule has 5 nitrogen and oxygen atoms in total. The summed E-state index contributed by atoms with van der Waals surface area (Å²) in [6.45, 7) is 3.28. The molecule has 0 saturated carbocycles. The minimum Gasteiger partial charge on any atom is -0.497 e. The van der Waals surface area contributed by atoms with Crippen molar-refractivity contribution in [3.63, 3.8) is 0 Å². The highest BCUT2D eigenvalue weighted by Crippen LogP contribution is 2.23. The van der Waals surface area contributed by atoms with E-state index in [9.17, 15) is 5.11 Å². The Morgan fingerprint density at radius 3 is 2.74 bits per heavy atom. The third kappa shape index (κ3) is 4.21. The Morgan fingerprint density at radius 2 is 2.00 bits per heavy atom. The number of nitrogens with one attached hydrogen (secondary N) is 1. The van der Waals surface area contributed by atoms with Crippen molar-refractivity contribution in [2.45, 2.75) is 25.6 Å². The lowest BCUT2D eigenvalue weighted by atomic mass is 10.1. The van der Waals surface area contributed by atoms with Crippen LogP contribution in [-0.2, 0) is 13.1 Å². The molecule has 0 spiro atoms. The zero-order valence-electron chi connectivity index (χ0n) is 15.6.